The number of rotatable bonds is 4. The fourth-order valence-corrected chi connectivity index (χ4v) is 2.59. The SMILES string of the molecule is Cc1ccc(Cl)cc1NCC(=O)NC(=O)NC1CCCC1. The molecule has 21 heavy (non-hydrogen) atoms. The summed E-state index contributed by atoms with van der Waals surface area (Å²) in [5.41, 5.74) is 1.77. The van der Waals surface area contributed by atoms with Gasteiger partial charge in [-0.25, -0.2) is 4.79 Å². The van der Waals surface area contributed by atoms with Gasteiger partial charge >= 0.3 is 6.03 Å². The Hall–Kier alpha value is -1.75. The van der Waals surface area contributed by atoms with Gasteiger partial charge in [0.25, 0.3) is 0 Å². The number of benzene rings is 1. The van der Waals surface area contributed by atoms with Gasteiger partial charge < -0.3 is 10.6 Å². The minimum absolute atomic E-state index is 0.0271. The Morgan fingerprint density at radius 3 is 2.71 bits per heavy atom. The van der Waals surface area contributed by atoms with E-state index in [0.29, 0.717) is 5.02 Å². The second kappa shape index (κ2) is 7.31. The van der Waals surface area contributed by atoms with E-state index in [1.165, 1.54) is 0 Å². The van der Waals surface area contributed by atoms with Crippen LogP contribution in [0.2, 0.25) is 5.02 Å². The van der Waals surface area contributed by atoms with E-state index in [4.69, 9.17) is 11.6 Å². The van der Waals surface area contributed by atoms with Crippen LogP contribution in [0, 0.1) is 6.92 Å². The number of anilines is 1. The van der Waals surface area contributed by atoms with Crippen LogP contribution >= 0.6 is 11.6 Å². The molecule has 2 rings (SSSR count). The maximum atomic E-state index is 11.7. The molecule has 1 saturated carbocycles. The number of amides is 3. The van der Waals surface area contributed by atoms with Crippen LogP contribution in [0.3, 0.4) is 0 Å². The van der Waals surface area contributed by atoms with Crippen LogP contribution in [0.5, 0.6) is 0 Å². The Bertz CT molecular complexity index is 528. The monoisotopic (exact) mass is 309 g/mol. The summed E-state index contributed by atoms with van der Waals surface area (Å²) in [6.07, 6.45) is 4.24. The summed E-state index contributed by atoms with van der Waals surface area (Å²) >= 11 is 5.91. The third kappa shape index (κ3) is 4.93. The Kier molecular flexibility index (Phi) is 5.44. The van der Waals surface area contributed by atoms with E-state index in [1.54, 1.807) is 12.1 Å². The lowest BCUT2D eigenvalue weighted by molar-refractivity contribution is -0.118. The standard InChI is InChI=1S/C15H20ClN3O2/c1-10-6-7-11(16)8-13(10)17-9-14(20)19-15(21)18-12-4-2-3-5-12/h6-8,12,17H,2-5,9H2,1H3,(H2,18,19,20,21). The van der Waals surface area contributed by atoms with Crippen molar-refractivity contribution < 1.29 is 9.59 Å². The average molecular weight is 310 g/mol. The summed E-state index contributed by atoms with van der Waals surface area (Å²) in [7, 11) is 0. The molecule has 1 aliphatic carbocycles. The number of hydrogen-bond acceptors (Lipinski definition) is 3. The molecule has 3 N–H and O–H groups in total. The molecule has 0 radical (unpaired) electrons. The molecule has 3 amide bonds. The van der Waals surface area contributed by atoms with Gasteiger partial charge in [0.15, 0.2) is 0 Å². The van der Waals surface area contributed by atoms with E-state index >= 15 is 0 Å². The Morgan fingerprint density at radius 2 is 2.00 bits per heavy atom. The van der Waals surface area contributed by atoms with Gasteiger partial charge in [0.2, 0.25) is 5.91 Å². The molecular formula is C15H20ClN3O2. The van der Waals surface area contributed by atoms with Gasteiger partial charge in [-0.15, -0.1) is 0 Å². The largest absolute Gasteiger partial charge is 0.376 e. The van der Waals surface area contributed by atoms with Crippen LogP contribution in [0.25, 0.3) is 0 Å². The first-order valence-corrected chi connectivity index (χ1v) is 7.53. The maximum Gasteiger partial charge on any atom is 0.321 e. The average Bonchev–Trinajstić information content (AvgIpc) is 2.92. The van der Waals surface area contributed by atoms with Crippen molar-refractivity contribution in [1.29, 1.82) is 0 Å². The molecule has 0 spiro atoms. The molecule has 1 aliphatic rings. The van der Waals surface area contributed by atoms with Gasteiger partial charge in [-0.05, 0) is 37.5 Å². The highest BCUT2D eigenvalue weighted by Gasteiger charge is 2.18. The zero-order valence-corrected chi connectivity index (χ0v) is 12.8. The van der Waals surface area contributed by atoms with Crippen molar-refractivity contribution >= 4 is 29.2 Å². The molecule has 1 aromatic carbocycles. The highest BCUT2D eigenvalue weighted by molar-refractivity contribution is 6.30. The number of imide groups is 1. The molecule has 1 fully saturated rings. The number of nitrogens with one attached hydrogen (secondary N) is 3. The molecule has 0 heterocycles. The second-order valence-electron chi connectivity index (χ2n) is 5.32. The lowest BCUT2D eigenvalue weighted by Crippen LogP contribution is -2.45. The van der Waals surface area contributed by atoms with E-state index in [0.717, 1.165) is 36.9 Å². The summed E-state index contributed by atoms with van der Waals surface area (Å²) in [6, 6.07) is 5.19. The Morgan fingerprint density at radius 1 is 1.29 bits per heavy atom. The Labute approximate surface area is 129 Å². The lowest BCUT2D eigenvalue weighted by atomic mass is 10.2. The van der Waals surface area contributed by atoms with Crippen LogP contribution < -0.4 is 16.0 Å². The second-order valence-corrected chi connectivity index (χ2v) is 5.75. The molecule has 0 aliphatic heterocycles. The molecule has 114 valence electrons. The van der Waals surface area contributed by atoms with E-state index in [2.05, 4.69) is 16.0 Å². The van der Waals surface area contributed by atoms with Crippen LogP contribution in [0.15, 0.2) is 18.2 Å². The Balaban J connectivity index is 1.76. The fraction of sp³-hybridized carbons (Fsp3) is 0.467. The van der Waals surface area contributed by atoms with Crippen molar-refractivity contribution in [3.63, 3.8) is 0 Å². The number of carbonyl (C=O) groups is 2. The highest BCUT2D eigenvalue weighted by Crippen LogP contribution is 2.19. The van der Waals surface area contributed by atoms with Crippen LogP contribution in [0.1, 0.15) is 31.2 Å². The maximum absolute atomic E-state index is 11.7. The van der Waals surface area contributed by atoms with Gasteiger partial charge in [0.05, 0.1) is 6.54 Å². The summed E-state index contributed by atoms with van der Waals surface area (Å²) in [5, 5.41) is 8.71. The summed E-state index contributed by atoms with van der Waals surface area (Å²) in [5.74, 6) is -0.370. The summed E-state index contributed by atoms with van der Waals surface area (Å²) < 4.78 is 0. The van der Waals surface area contributed by atoms with Crippen molar-refractivity contribution in [1.82, 2.24) is 10.6 Å². The number of urea groups is 1. The minimum Gasteiger partial charge on any atom is -0.376 e. The third-order valence-electron chi connectivity index (χ3n) is 3.58. The fourth-order valence-electron chi connectivity index (χ4n) is 2.42. The quantitative estimate of drug-likeness (QED) is 0.801. The van der Waals surface area contributed by atoms with Crippen molar-refractivity contribution in [2.45, 2.75) is 38.6 Å². The van der Waals surface area contributed by atoms with Crippen molar-refractivity contribution in [3.05, 3.63) is 28.8 Å². The van der Waals surface area contributed by atoms with E-state index < -0.39 is 6.03 Å². The number of carbonyl (C=O) groups excluding carboxylic acids is 2. The highest BCUT2D eigenvalue weighted by atomic mass is 35.5. The molecule has 6 heteroatoms. The molecule has 0 atom stereocenters. The number of halogens is 1. The van der Waals surface area contributed by atoms with Crippen molar-refractivity contribution in [3.8, 4) is 0 Å². The first kappa shape index (κ1) is 15.6. The minimum atomic E-state index is -0.420. The summed E-state index contributed by atoms with van der Waals surface area (Å²) in [6.45, 7) is 1.95. The van der Waals surface area contributed by atoms with Crippen molar-refractivity contribution in [2.24, 2.45) is 0 Å². The van der Waals surface area contributed by atoms with E-state index in [-0.39, 0.29) is 18.5 Å². The third-order valence-corrected chi connectivity index (χ3v) is 3.82. The lowest BCUT2D eigenvalue weighted by Gasteiger charge is -2.13. The topological polar surface area (TPSA) is 70.2 Å². The molecule has 1 aromatic rings. The van der Waals surface area contributed by atoms with Gasteiger partial charge in [-0.3, -0.25) is 10.1 Å². The summed E-state index contributed by atoms with van der Waals surface area (Å²) in [4.78, 5) is 23.4. The van der Waals surface area contributed by atoms with Crippen LogP contribution in [0.4, 0.5) is 10.5 Å². The number of aryl methyl sites for hydroxylation is 1. The molecule has 0 bridgehead atoms. The normalized spacial score (nSPS) is 14.8. The molecule has 5 nitrogen and oxygen atoms in total. The molecule has 0 unspecified atom stereocenters. The molecule has 0 saturated heterocycles. The molecule has 0 aromatic heterocycles. The van der Waals surface area contributed by atoms with Crippen molar-refractivity contribution in [2.75, 3.05) is 11.9 Å². The van der Waals surface area contributed by atoms with Gasteiger partial charge in [-0.1, -0.05) is 30.5 Å². The van der Waals surface area contributed by atoms with Gasteiger partial charge in [-0.2, -0.15) is 0 Å². The van der Waals surface area contributed by atoms with Crippen LogP contribution in [-0.2, 0) is 4.79 Å². The predicted molar refractivity (Wildman–Crippen MR) is 83.6 cm³/mol. The number of hydrogen-bond donors (Lipinski definition) is 3. The van der Waals surface area contributed by atoms with E-state index in [1.807, 2.05) is 13.0 Å². The zero-order chi connectivity index (χ0) is 15.2. The first-order chi connectivity index (χ1) is 10.0. The van der Waals surface area contributed by atoms with E-state index in [9.17, 15) is 9.59 Å². The zero-order valence-electron chi connectivity index (χ0n) is 12.0. The molecular weight excluding hydrogens is 290 g/mol. The van der Waals surface area contributed by atoms with Gasteiger partial charge in [0.1, 0.15) is 0 Å². The van der Waals surface area contributed by atoms with Gasteiger partial charge in [0, 0.05) is 16.8 Å². The first-order valence-electron chi connectivity index (χ1n) is 7.15. The van der Waals surface area contributed by atoms with Crippen LogP contribution in [-0.4, -0.2) is 24.5 Å². The predicted octanol–water partition coefficient (Wildman–Crippen LogP) is 2.83. The smallest absolute Gasteiger partial charge is 0.321 e.